The van der Waals surface area contributed by atoms with Gasteiger partial charge in [0.25, 0.3) is 0 Å². The Morgan fingerprint density at radius 1 is 0.862 bits per heavy atom. The first-order chi connectivity index (χ1) is 13.7. The van der Waals surface area contributed by atoms with Crippen molar-refractivity contribution in [1.82, 2.24) is 0 Å². The van der Waals surface area contributed by atoms with E-state index in [-0.39, 0.29) is 0 Å². The molecule has 0 aliphatic carbocycles. The molecule has 1 fully saturated rings. The summed E-state index contributed by atoms with van der Waals surface area (Å²) >= 11 is 0. The van der Waals surface area contributed by atoms with Crippen LogP contribution in [0.15, 0.2) is 0 Å². The van der Waals surface area contributed by atoms with E-state index >= 15 is 0 Å². The zero-order valence-electron chi connectivity index (χ0n) is 19.3. The van der Waals surface area contributed by atoms with Crippen LogP contribution in [-0.2, 0) is 28.5 Å². The van der Waals surface area contributed by atoms with E-state index in [1.807, 2.05) is 13.8 Å². The quantitative estimate of drug-likeness (QED) is 0.371. The summed E-state index contributed by atoms with van der Waals surface area (Å²) in [6, 6.07) is 0. The molecule has 1 aliphatic heterocycles. The van der Waals surface area contributed by atoms with Crippen LogP contribution in [0.2, 0.25) is 0 Å². The zero-order chi connectivity index (χ0) is 21.9. The van der Waals surface area contributed by atoms with Gasteiger partial charge in [-0.2, -0.15) is 0 Å². The fourth-order valence-corrected chi connectivity index (χ4v) is 3.51. The molecule has 3 atom stereocenters. The third-order valence-corrected chi connectivity index (χ3v) is 5.20. The van der Waals surface area contributed by atoms with Crippen molar-refractivity contribution in [3.05, 3.63) is 0 Å². The molecule has 1 rings (SSSR count). The van der Waals surface area contributed by atoms with E-state index in [0.29, 0.717) is 38.4 Å². The number of hydrogen-bond donors (Lipinski definition) is 0. The van der Waals surface area contributed by atoms with Crippen LogP contribution in [0.4, 0.5) is 0 Å². The molecule has 6 nitrogen and oxygen atoms in total. The second kappa shape index (κ2) is 13.2. The normalized spacial score (nSPS) is 21.9. The van der Waals surface area contributed by atoms with Gasteiger partial charge in [0.05, 0.1) is 13.2 Å². The molecule has 1 aliphatic rings. The number of rotatable bonds is 14. The second-order valence-electron chi connectivity index (χ2n) is 8.87. The summed E-state index contributed by atoms with van der Waals surface area (Å²) in [6.45, 7) is 13.0. The fraction of sp³-hybridized carbons (Fsp3) is 0.913. The molecule has 0 spiro atoms. The number of esters is 2. The van der Waals surface area contributed by atoms with Crippen LogP contribution >= 0.6 is 0 Å². The average Bonchev–Trinajstić information content (AvgIpc) is 3.02. The van der Waals surface area contributed by atoms with E-state index in [9.17, 15) is 9.59 Å². The molecule has 1 saturated heterocycles. The Balaban J connectivity index is 2.60. The molecule has 0 aromatic heterocycles. The van der Waals surface area contributed by atoms with Crippen LogP contribution in [0.1, 0.15) is 92.9 Å². The minimum Gasteiger partial charge on any atom is -0.464 e. The lowest BCUT2D eigenvalue weighted by Gasteiger charge is -2.24. The summed E-state index contributed by atoms with van der Waals surface area (Å²) < 4.78 is 22.3. The van der Waals surface area contributed by atoms with Gasteiger partial charge in [0.15, 0.2) is 18.0 Å². The highest BCUT2D eigenvalue weighted by molar-refractivity contribution is 5.86. The smallest absolute Gasteiger partial charge is 0.338 e. The van der Waals surface area contributed by atoms with Crippen molar-refractivity contribution in [3.63, 3.8) is 0 Å². The molecule has 0 bridgehead atoms. The molecule has 0 aromatic rings. The van der Waals surface area contributed by atoms with E-state index in [0.717, 1.165) is 18.8 Å². The van der Waals surface area contributed by atoms with Crippen LogP contribution < -0.4 is 0 Å². The third kappa shape index (κ3) is 9.47. The van der Waals surface area contributed by atoms with E-state index in [1.165, 1.54) is 19.3 Å². The third-order valence-electron chi connectivity index (χ3n) is 5.20. The molecule has 29 heavy (non-hydrogen) atoms. The summed E-state index contributed by atoms with van der Waals surface area (Å²) in [5.74, 6) is -0.722. The van der Waals surface area contributed by atoms with Gasteiger partial charge < -0.3 is 18.9 Å². The molecule has 1 heterocycles. The highest BCUT2D eigenvalue weighted by Crippen LogP contribution is 2.35. The predicted octanol–water partition coefficient (Wildman–Crippen LogP) is 5.03. The molecular weight excluding hydrogens is 372 g/mol. The Bertz CT molecular complexity index is 462. The first-order valence-electron chi connectivity index (χ1n) is 11.4. The lowest BCUT2D eigenvalue weighted by molar-refractivity contribution is -0.184. The lowest BCUT2D eigenvalue weighted by Crippen LogP contribution is -2.39. The van der Waals surface area contributed by atoms with Gasteiger partial charge in [0, 0.05) is 6.42 Å². The van der Waals surface area contributed by atoms with E-state index in [4.69, 9.17) is 18.9 Å². The van der Waals surface area contributed by atoms with Gasteiger partial charge in [-0.3, -0.25) is 0 Å². The first-order valence-corrected chi connectivity index (χ1v) is 11.4. The molecule has 0 saturated carbocycles. The molecule has 6 heteroatoms. The Kier molecular flexibility index (Phi) is 11.8. The first kappa shape index (κ1) is 25.9. The van der Waals surface area contributed by atoms with Crippen molar-refractivity contribution < 1.29 is 28.5 Å². The standard InChI is InChI=1S/C23H42O6/c1-7-15-26-21(24)19-20(22(25)27-16-8-2)29-23(6,28-19)14-10-13-18(5)12-9-11-17(3)4/h17-20H,7-16H2,1-6H3/t18?,19-,20-/m1/s1. The SMILES string of the molecule is CCCOC(=O)[C@@H]1OC(C)(CCCC(C)CCCC(C)C)O[C@H]1C(=O)OCCC. The number of hydrogen-bond acceptors (Lipinski definition) is 6. The predicted molar refractivity (Wildman–Crippen MR) is 112 cm³/mol. The summed E-state index contributed by atoms with van der Waals surface area (Å²) in [5, 5.41) is 0. The Labute approximate surface area is 177 Å². The van der Waals surface area contributed by atoms with Crippen molar-refractivity contribution in [2.45, 2.75) is 111 Å². The van der Waals surface area contributed by atoms with E-state index in [1.54, 1.807) is 6.92 Å². The number of carbonyl (C=O) groups is 2. The van der Waals surface area contributed by atoms with E-state index in [2.05, 4.69) is 20.8 Å². The van der Waals surface area contributed by atoms with Crippen LogP contribution in [-0.4, -0.2) is 43.1 Å². The van der Waals surface area contributed by atoms with Crippen molar-refractivity contribution >= 4 is 11.9 Å². The molecule has 0 amide bonds. The highest BCUT2D eigenvalue weighted by atomic mass is 16.8. The van der Waals surface area contributed by atoms with Crippen molar-refractivity contribution in [1.29, 1.82) is 0 Å². The average molecular weight is 415 g/mol. The largest absolute Gasteiger partial charge is 0.464 e. The van der Waals surface area contributed by atoms with Crippen LogP contribution in [0, 0.1) is 11.8 Å². The Morgan fingerprint density at radius 3 is 1.79 bits per heavy atom. The van der Waals surface area contributed by atoms with Crippen LogP contribution in [0.25, 0.3) is 0 Å². The highest BCUT2D eigenvalue weighted by Gasteiger charge is 2.52. The zero-order valence-corrected chi connectivity index (χ0v) is 19.3. The molecule has 1 unspecified atom stereocenters. The van der Waals surface area contributed by atoms with Crippen molar-refractivity contribution in [3.8, 4) is 0 Å². The summed E-state index contributed by atoms with van der Waals surface area (Å²) in [7, 11) is 0. The van der Waals surface area contributed by atoms with Gasteiger partial charge in [-0.15, -0.1) is 0 Å². The van der Waals surface area contributed by atoms with Crippen molar-refractivity contribution in [2.24, 2.45) is 11.8 Å². The molecule has 0 radical (unpaired) electrons. The summed E-state index contributed by atoms with van der Waals surface area (Å²) in [4.78, 5) is 24.8. The van der Waals surface area contributed by atoms with Gasteiger partial charge in [-0.1, -0.05) is 60.3 Å². The monoisotopic (exact) mass is 414 g/mol. The maximum absolute atomic E-state index is 12.4. The summed E-state index contributed by atoms with van der Waals surface area (Å²) in [5.41, 5.74) is 0. The molecule has 0 aromatic carbocycles. The van der Waals surface area contributed by atoms with Gasteiger partial charge in [-0.05, 0) is 38.0 Å². The van der Waals surface area contributed by atoms with Crippen molar-refractivity contribution in [2.75, 3.05) is 13.2 Å². The second-order valence-corrected chi connectivity index (χ2v) is 8.87. The maximum Gasteiger partial charge on any atom is 0.338 e. The molecular formula is C23H42O6. The van der Waals surface area contributed by atoms with Crippen LogP contribution in [0.5, 0.6) is 0 Å². The minimum absolute atomic E-state index is 0.292. The minimum atomic E-state index is -1.07. The Morgan fingerprint density at radius 2 is 1.34 bits per heavy atom. The Hall–Kier alpha value is -1.14. The lowest BCUT2D eigenvalue weighted by atomic mass is 9.94. The number of ether oxygens (including phenoxy) is 4. The van der Waals surface area contributed by atoms with Gasteiger partial charge in [0.1, 0.15) is 0 Å². The number of carbonyl (C=O) groups excluding carboxylic acids is 2. The van der Waals surface area contributed by atoms with E-state index < -0.39 is 29.9 Å². The molecule has 0 N–H and O–H groups in total. The van der Waals surface area contributed by atoms with Gasteiger partial charge in [-0.25, -0.2) is 9.59 Å². The van der Waals surface area contributed by atoms with Gasteiger partial charge >= 0.3 is 11.9 Å². The van der Waals surface area contributed by atoms with Gasteiger partial charge in [0.2, 0.25) is 0 Å². The fourth-order valence-electron chi connectivity index (χ4n) is 3.51. The summed E-state index contributed by atoms with van der Waals surface area (Å²) in [6.07, 6.45) is 5.59. The molecule has 170 valence electrons. The maximum atomic E-state index is 12.4. The van der Waals surface area contributed by atoms with Crippen LogP contribution in [0.3, 0.4) is 0 Å². The topological polar surface area (TPSA) is 71.1 Å².